The van der Waals surface area contributed by atoms with Crippen LogP contribution in [0.15, 0.2) is 43.0 Å². The molecule has 1 amide bonds. The molecular weight excluding hydrogens is 366 g/mol. The SMILES string of the molecule is Cc1cc(C)nc(N2CCCC(C(=O)Nc3ccc(Cn4cncn4)cc3)C2)n1. The third-order valence-electron chi connectivity index (χ3n) is 5.08. The van der Waals surface area contributed by atoms with Gasteiger partial charge in [-0.15, -0.1) is 0 Å². The largest absolute Gasteiger partial charge is 0.340 e. The fraction of sp³-hybridized carbons (Fsp3) is 0.381. The highest BCUT2D eigenvalue weighted by molar-refractivity contribution is 5.93. The Labute approximate surface area is 170 Å². The third-order valence-corrected chi connectivity index (χ3v) is 5.08. The zero-order valence-electron chi connectivity index (χ0n) is 16.7. The summed E-state index contributed by atoms with van der Waals surface area (Å²) in [6.45, 7) is 6.11. The molecule has 1 N–H and O–H groups in total. The first-order valence-electron chi connectivity index (χ1n) is 9.86. The number of aryl methyl sites for hydroxylation is 2. The fourth-order valence-electron chi connectivity index (χ4n) is 3.66. The summed E-state index contributed by atoms with van der Waals surface area (Å²) in [7, 11) is 0. The topological polar surface area (TPSA) is 88.8 Å². The Morgan fingerprint density at radius 2 is 1.93 bits per heavy atom. The van der Waals surface area contributed by atoms with Gasteiger partial charge in [0.05, 0.1) is 12.5 Å². The van der Waals surface area contributed by atoms with E-state index in [-0.39, 0.29) is 11.8 Å². The van der Waals surface area contributed by atoms with Crippen LogP contribution in [0.1, 0.15) is 29.8 Å². The second-order valence-corrected chi connectivity index (χ2v) is 7.52. The van der Waals surface area contributed by atoms with Crippen molar-refractivity contribution in [3.63, 3.8) is 0 Å². The number of hydrogen-bond acceptors (Lipinski definition) is 6. The number of aromatic nitrogens is 5. The standard InChI is InChI=1S/C21H25N7O/c1-15-10-16(2)25-21(24-15)27-9-3-4-18(12-27)20(29)26-19-7-5-17(6-8-19)11-28-14-22-13-23-28/h5-8,10,13-14,18H,3-4,9,11-12H2,1-2H3,(H,26,29). The van der Waals surface area contributed by atoms with E-state index in [2.05, 4.69) is 30.3 Å². The van der Waals surface area contributed by atoms with Crippen molar-refractivity contribution in [1.29, 1.82) is 0 Å². The number of anilines is 2. The van der Waals surface area contributed by atoms with Crippen LogP contribution in [0.25, 0.3) is 0 Å². The Morgan fingerprint density at radius 3 is 2.62 bits per heavy atom. The van der Waals surface area contributed by atoms with Crippen LogP contribution in [-0.4, -0.2) is 43.7 Å². The van der Waals surface area contributed by atoms with Gasteiger partial charge in [0, 0.05) is 30.2 Å². The van der Waals surface area contributed by atoms with Crippen molar-refractivity contribution in [1.82, 2.24) is 24.7 Å². The minimum Gasteiger partial charge on any atom is -0.340 e. The van der Waals surface area contributed by atoms with E-state index in [0.29, 0.717) is 13.1 Å². The zero-order valence-corrected chi connectivity index (χ0v) is 16.7. The molecule has 0 radical (unpaired) electrons. The lowest BCUT2D eigenvalue weighted by Gasteiger charge is -2.32. The van der Waals surface area contributed by atoms with E-state index in [1.54, 1.807) is 11.0 Å². The molecule has 3 aromatic rings. The van der Waals surface area contributed by atoms with E-state index in [0.717, 1.165) is 48.0 Å². The molecule has 3 heterocycles. The lowest BCUT2D eigenvalue weighted by atomic mass is 9.97. The zero-order chi connectivity index (χ0) is 20.2. The van der Waals surface area contributed by atoms with Crippen molar-refractivity contribution in [3.05, 3.63) is 59.9 Å². The highest BCUT2D eigenvalue weighted by atomic mass is 16.1. The molecule has 150 valence electrons. The van der Waals surface area contributed by atoms with Crippen molar-refractivity contribution in [2.24, 2.45) is 5.92 Å². The maximum absolute atomic E-state index is 12.8. The molecule has 8 nitrogen and oxygen atoms in total. The molecule has 1 aliphatic heterocycles. The molecule has 0 saturated carbocycles. The van der Waals surface area contributed by atoms with E-state index < -0.39 is 0 Å². The fourth-order valence-corrected chi connectivity index (χ4v) is 3.66. The number of carbonyl (C=O) groups is 1. The second-order valence-electron chi connectivity index (χ2n) is 7.52. The predicted molar refractivity (Wildman–Crippen MR) is 111 cm³/mol. The summed E-state index contributed by atoms with van der Waals surface area (Å²) in [6.07, 6.45) is 5.03. The second kappa shape index (κ2) is 8.38. The molecule has 0 spiro atoms. The van der Waals surface area contributed by atoms with Gasteiger partial charge in [-0.2, -0.15) is 5.10 Å². The molecule has 2 aromatic heterocycles. The summed E-state index contributed by atoms with van der Waals surface area (Å²) >= 11 is 0. The number of amides is 1. The van der Waals surface area contributed by atoms with Gasteiger partial charge in [-0.05, 0) is 50.5 Å². The molecule has 1 saturated heterocycles. The third kappa shape index (κ3) is 4.77. The first-order valence-corrected chi connectivity index (χ1v) is 9.86. The number of benzene rings is 1. The lowest BCUT2D eigenvalue weighted by molar-refractivity contribution is -0.120. The van der Waals surface area contributed by atoms with Gasteiger partial charge in [0.25, 0.3) is 0 Å². The number of piperidine rings is 1. The molecular formula is C21H25N7O. The highest BCUT2D eigenvalue weighted by Gasteiger charge is 2.27. The maximum atomic E-state index is 12.8. The predicted octanol–water partition coefficient (Wildman–Crippen LogP) is 2.59. The normalized spacial score (nSPS) is 16.6. The quantitative estimate of drug-likeness (QED) is 0.719. The van der Waals surface area contributed by atoms with Gasteiger partial charge in [-0.3, -0.25) is 4.79 Å². The van der Waals surface area contributed by atoms with Crippen LogP contribution in [0.4, 0.5) is 11.6 Å². The summed E-state index contributed by atoms with van der Waals surface area (Å²) in [5.74, 6) is 0.684. The molecule has 1 atom stereocenters. The van der Waals surface area contributed by atoms with E-state index in [1.165, 1.54) is 6.33 Å². The average Bonchev–Trinajstić information content (AvgIpc) is 3.22. The number of carbonyl (C=O) groups excluding carboxylic acids is 1. The molecule has 0 aliphatic carbocycles. The molecule has 8 heteroatoms. The van der Waals surface area contributed by atoms with Crippen LogP contribution in [0.2, 0.25) is 0 Å². The number of nitrogens with one attached hydrogen (secondary N) is 1. The van der Waals surface area contributed by atoms with Gasteiger partial charge >= 0.3 is 0 Å². The molecule has 1 unspecified atom stereocenters. The van der Waals surface area contributed by atoms with Crippen LogP contribution in [0.5, 0.6) is 0 Å². The monoisotopic (exact) mass is 391 g/mol. The van der Waals surface area contributed by atoms with Crippen LogP contribution in [-0.2, 0) is 11.3 Å². The van der Waals surface area contributed by atoms with Crippen molar-refractivity contribution >= 4 is 17.5 Å². The Kier molecular flexibility index (Phi) is 5.50. The molecule has 1 aliphatic rings. The summed E-state index contributed by atoms with van der Waals surface area (Å²) < 4.78 is 1.76. The summed E-state index contributed by atoms with van der Waals surface area (Å²) in [6, 6.07) is 9.81. The molecule has 1 aromatic carbocycles. The molecule has 4 rings (SSSR count). The minimum absolute atomic E-state index is 0.0445. The maximum Gasteiger partial charge on any atom is 0.229 e. The van der Waals surface area contributed by atoms with Crippen molar-refractivity contribution in [2.45, 2.75) is 33.2 Å². The smallest absolute Gasteiger partial charge is 0.229 e. The number of rotatable bonds is 5. The van der Waals surface area contributed by atoms with Crippen LogP contribution < -0.4 is 10.2 Å². The van der Waals surface area contributed by atoms with Crippen molar-refractivity contribution < 1.29 is 4.79 Å². The van der Waals surface area contributed by atoms with E-state index in [4.69, 9.17) is 0 Å². The Balaban J connectivity index is 1.37. The molecule has 0 bridgehead atoms. The first kappa shape index (κ1) is 19.0. The van der Waals surface area contributed by atoms with Gasteiger partial charge in [-0.1, -0.05) is 12.1 Å². The van der Waals surface area contributed by atoms with E-state index in [1.807, 2.05) is 44.2 Å². The van der Waals surface area contributed by atoms with Crippen molar-refractivity contribution in [3.8, 4) is 0 Å². The average molecular weight is 391 g/mol. The van der Waals surface area contributed by atoms with Crippen LogP contribution in [0.3, 0.4) is 0 Å². The molecule has 29 heavy (non-hydrogen) atoms. The van der Waals surface area contributed by atoms with Gasteiger partial charge in [0.1, 0.15) is 12.7 Å². The van der Waals surface area contributed by atoms with Gasteiger partial charge < -0.3 is 10.2 Å². The Bertz CT molecular complexity index is 949. The minimum atomic E-state index is -0.0806. The Morgan fingerprint density at radius 1 is 1.17 bits per heavy atom. The number of nitrogens with zero attached hydrogens (tertiary/aromatic N) is 6. The highest BCUT2D eigenvalue weighted by Crippen LogP contribution is 2.22. The summed E-state index contributed by atoms with van der Waals surface area (Å²) in [5.41, 5.74) is 3.80. The van der Waals surface area contributed by atoms with Crippen LogP contribution >= 0.6 is 0 Å². The van der Waals surface area contributed by atoms with E-state index >= 15 is 0 Å². The van der Waals surface area contributed by atoms with Crippen LogP contribution in [0, 0.1) is 19.8 Å². The molecule has 1 fully saturated rings. The number of hydrogen-bond donors (Lipinski definition) is 1. The summed E-state index contributed by atoms with van der Waals surface area (Å²) in [5, 5.41) is 7.16. The lowest BCUT2D eigenvalue weighted by Crippen LogP contribution is -2.41. The van der Waals surface area contributed by atoms with Gasteiger partial charge in [0.15, 0.2) is 0 Å². The Hall–Kier alpha value is -3.29. The first-order chi connectivity index (χ1) is 14.1. The van der Waals surface area contributed by atoms with Gasteiger partial charge in [-0.25, -0.2) is 19.6 Å². The van der Waals surface area contributed by atoms with Crippen molar-refractivity contribution in [2.75, 3.05) is 23.3 Å². The summed E-state index contributed by atoms with van der Waals surface area (Å²) in [4.78, 5) is 28.0. The van der Waals surface area contributed by atoms with E-state index in [9.17, 15) is 4.79 Å². The van der Waals surface area contributed by atoms with Gasteiger partial charge in [0.2, 0.25) is 11.9 Å².